The molecular weight excluding hydrogens is 423 g/mol. The predicted octanol–water partition coefficient (Wildman–Crippen LogP) is 3.74. The smallest absolute Gasteiger partial charge is 0.338 e. The number of rotatable bonds is 7. The summed E-state index contributed by atoms with van der Waals surface area (Å²) in [5.41, 5.74) is 0.843. The van der Waals surface area contributed by atoms with Gasteiger partial charge in [0.15, 0.2) is 12.4 Å². The summed E-state index contributed by atoms with van der Waals surface area (Å²) in [6, 6.07) is 11.7. The highest BCUT2D eigenvalue weighted by atomic mass is 127. The maximum Gasteiger partial charge on any atom is 0.338 e. The monoisotopic (exact) mass is 440 g/mol. The van der Waals surface area contributed by atoms with Crippen LogP contribution in [0.15, 0.2) is 42.5 Å². The van der Waals surface area contributed by atoms with E-state index < -0.39 is 5.97 Å². The third-order valence-electron chi connectivity index (χ3n) is 3.21. The van der Waals surface area contributed by atoms with Crippen LogP contribution < -0.4 is 9.47 Å². The molecule has 0 saturated carbocycles. The summed E-state index contributed by atoms with van der Waals surface area (Å²) in [6.45, 7) is 2.14. The molecule has 126 valence electrons. The summed E-state index contributed by atoms with van der Waals surface area (Å²) >= 11 is 2.07. The Kier molecular flexibility index (Phi) is 6.60. The fourth-order valence-corrected chi connectivity index (χ4v) is 2.73. The lowest BCUT2D eigenvalue weighted by atomic mass is 10.1. The van der Waals surface area contributed by atoms with Gasteiger partial charge in [0, 0.05) is 5.56 Å². The molecule has 5 nitrogen and oxygen atoms in total. The first kappa shape index (κ1) is 18.3. The van der Waals surface area contributed by atoms with Gasteiger partial charge in [-0.05, 0) is 72.0 Å². The van der Waals surface area contributed by atoms with Gasteiger partial charge in [0.05, 0.1) is 22.9 Å². The van der Waals surface area contributed by atoms with Crippen molar-refractivity contribution >= 4 is 34.3 Å². The van der Waals surface area contributed by atoms with Gasteiger partial charge in [-0.1, -0.05) is 0 Å². The first-order chi connectivity index (χ1) is 11.5. The number of carbonyl (C=O) groups is 2. The molecule has 0 atom stereocenters. The van der Waals surface area contributed by atoms with E-state index in [1.807, 2.05) is 6.92 Å². The molecule has 0 fully saturated rings. The molecule has 0 unspecified atom stereocenters. The number of ketones is 1. The number of halogens is 1. The second-order valence-electron chi connectivity index (χ2n) is 4.81. The average Bonchev–Trinajstić information content (AvgIpc) is 2.60. The van der Waals surface area contributed by atoms with Crippen LogP contribution in [-0.4, -0.2) is 32.1 Å². The second kappa shape index (κ2) is 8.68. The number of ether oxygens (including phenoxy) is 3. The SMILES string of the molecule is CCOc1ccc(C(=O)COC(=O)c2ccc(OC)c(I)c2)cc1. The van der Waals surface area contributed by atoms with Crippen molar-refractivity contribution in [1.29, 1.82) is 0 Å². The molecule has 0 heterocycles. The Morgan fingerprint density at radius 3 is 2.29 bits per heavy atom. The Labute approximate surface area is 154 Å². The van der Waals surface area contributed by atoms with Crippen LogP contribution in [-0.2, 0) is 4.74 Å². The van der Waals surface area contributed by atoms with Crippen molar-refractivity contribution in [3.05, 3.63) is 57.2 Å². The van der Waals surface area contributed by atoms with Crippen LogP contribution in [0.25, 0.3) is 0 Å². The van der Waals surface area contributed by atoms with Crippen LogP contribution >= 0.6 is 22.6 Å². The van der Waals surface area contributed by atoms with E-state index in [0.29, 0.717) is 29.2 Å². The van der Waals surface area contributed by atoms with E-state index in [2.05, 4.69) is 22.6 Å². The van der Waals surface area contributed by atoms with Crippen LogP contribution in [0.1, 0.15) is 27.6 Å². The lowest BCUT2D eigenvalue weighted by Gasteiger charge is -2.07. The zero-order chi connectivity index (χ0) is 17.5. The Bertz CT molecular complexity index is 725. The number of hydrogen-bond donors (Lipinski definition) is 0. The summed E-state index contributed by atoms with van der Waals surface area (Å²) in [5.74, 6) is 0.556. The third-order valence-corrected chi connectivity index (χ3v) is 4.05. The largest absolute Gasteiger partial charge is 0.496 e. The standard InChI is InChI=1S/C18H17IO5/c1-3-23-14-7-4-12(5-8-14)16(20)11-24-18(21)13-6-9-17(22-2)15(19)10-13/h4-10H,3,11H2,1-2H3. The predicted molar refractivity (Wildman–Crippen MR) is 97.9 cm³/mol. The highest BCUT2D eigenvalue weighted by molar-refractivity contribution is 14.1. The maximum absolute atomic E-state index is 12.1. The number of methoxy groups -OCH3 is 1. The molecule has 0 N–H and O–H groups in total. The van der Waals surface area contributed by atoms with E-state index in [-0.39, 0.29) is 12.4 Å². The lowest BCUT2D eigenvalue weighted by molar-refractivity contribution is 0.0474. The van der Waals surface area contributed by atoms with E-state index >= 15 is 0 Å². The molecule has 2 aromatic rings. The van der Waals surface area contributed by atoms with Gasteiger partial charge >= 0.3 is 5.97 Å². The van der Waals surface area contributed by atoms with Gasteiger partial charge in [-0.3, -0.25) is 4.79 Å². The quantitative estimate of drug-likeness (QED) is 0.373. The number of carbonyl (C=O) groups excluding carboxylic acids is 2. The van der Waals surface area contributed by atoms with E-state index in [4.69, 9.17) is 14.2 Å². The van der Waals surface area contributed by atoms with Crippen LogP contribution in [0.4, 0.5) is 0 Å². The third kappa shape index (κ3) is 4.70. The fraction of sp³-hybridized carbons (Fsp3) is 0.222. The molecule has 0 amide bonds. The van der Waals surface area contributed by atoms with Crippen LogP contribution in [0.2, 0.25) is 0 Å². The van der Waals surface area contributed by atoms with Gasteiger partial charge in [-0.25, -0.2) is 4.79 Å². The van der Waals surface area contributed by atoms with Gasteiger partial charge in [0.25, 0.3) is 0 Å². The Hall–Kier alpha value is -2.09. The normalized spacial score (nSPS) is 10.1. The molecule has 0 bridgehead atoms. The minimum absolute atomic E-state index is 0.269. The number of Topliss-reactive ketones (excluding diaryl/α,β-unsaturated/α-hetero) is 1. The Morgan fingerprint density at radius 2 is 1.71 bits per heavy atom. The highest BCUT2D eigenvalue weighted by Crippen LogP contribution is 2.22. The van der Waals surface area contributed by atoms with Gasteiger partial charge in [-0.15, -0.1) is 0 Å². The molecule has 0 aliphatic rings. The van der Waals surface area contributed by atoms with Crippen molar-refractivity contribution in [2.24, 2.45) is 0 Å². The molecule has 2 rings (SSSR count). The molecule has 0 aromatic heterocycles. The van der Waals surface area contributed by atoms with Crippen LogP contribution in [0.5, 0.6) is 11.5 Å². The Morgan fingerprint density at radius 1 is 1.04 bits per heavy atom. The molecule has 24 heavy (non-hydrogen) atoms. The van der Waals surface area contributed by atoms with E-state index in [9.17, 15) is 9.59 Å². The maximum atomic E-state index is 12.1. The summed E-state index contributed by atoms with van der Waals surface area (Å²) in [5, 5.41) is 0. The molecule has 0 radical (unpaired) electrons. The van der Waals surface area contributed by atoms with Gasteiger partial charge in [0.2, 0.25) is 0 Å². The van der Waals surface area contributed by atoms with Crippen molar-refractivity contribution in [3.8, 4) is 11.5 Å². The topological polar surface area (TPSA) is 61.8 Å². The van der Waals surface area contributed by atoms with Crippen LogP contribution in [0.3, 0.4) is 0 Å². The average molecular weight is 440 g/mol. The van der Waals surface area contributed by atoms with E-state index in [1.54, 1.807) is 49.6 Å². The van der Waals surface area contributed by atoms with Crippen molar-refractivity contribution in [1.82, 2.24) is 0 Å². The fourth-order valence-electron chi connectivity index (χ4n) is 1.99. The Balaban J connectivity index is 1.95. The summed E-state index contributed by atoms with van der Waals surface area (Å²) in [4.78, 5) is 24.1. The molecule has 0 spiro atoms. The highest BCUT2D eigenvalue weighted by Gasteiger charge is 2.13. The van der Waals surface area contributed by atoms with Crippen molar-refractivity contribution < 1.29 is 23.8 Å². The summed E-state index contributed by atoms with van der Waals surface area (Å²) in [7, 11) is 1.56. The lowest BCUT2D eigenvalue weighted by Crippen LogP contribution is -2.14. The van der Waals surface area contributed by atoms with Crippen molar-refractivity contribution in [2.75, 3.05) is 20.3 Å². The van der Waals surface area contributed by atoms with Crippen molar-refractivity contribution in [3.63, 3.8) is 0 Å². The van der Waals surface area contributed by atoms with E-state index in [1.165, 1.54) is 0 Å². The number of benzene rings is 2. The van der Waals surface area contributed by atoms with Gasteiger partial charge in [0.1, 0.15) is 11.5 Å². The minimum atomic E-state index is -0.546. The van der Waals surface area contributed by atoms with Gasteiger partial charge in [-0.2, -0.15) is 0 Å². The number of hydrogen-bond acceptors (Lipinski definition) is 5. The molecule has 6 heteroatoms. The first-order valence-electron chi connectivity index (χ1n) is 7.32. The summed E-state index contributed by atoms with van der Waals surface area (Å²) < 4.78 is 16.3. The molecule has 0 aliphatic carbocycles. The summed E-state index contributed by atoms with van der Waals surface area (Å²) in [6.07, 6.45) is 0. The zero-order valence-corrected chi connectivity index (χ0v) is 15.5. The zero-order valence-electron chi connectivity index (χ0n) is 13.4. The van der Waals surface area contributed by atoms with Crippen molar-refractivity contribution in [2.45, 2.75) is 6.92 Å². The molecule has 2 aromatic carbocycles. The molecular formula is C18H17IO5. The minimum Gasteiger partial charge on any atom is -0.496 e. The number of esters is 1. The second-order valence-corrected chi connectivity index (χ2v) is 5.97. The molecule has 0 saturated heterocycles. The van der Waals surface area contributed by atoms with Crippen LogP contribution in [0, 0.1) is 3.57 Å². The van der Waals surface area contributed by atoms with E-state index in [0.717, 1.165) is 3.57 Å². The van der Waals surface area contributed by atoms with Gasteiger partial charge < -0.3 is 14.2 Å². The first-order valence-corrected chi connectivity index (χ1v) is 8.39. The molecule has 0 aliphatic heterocycles.